The van der Waals surface area contributed by atoms with Gasteiger partial charge in [0.1, 0.15) is 17.6 Å². The Labute approximate surface area is 198 Å². The summed E-state index contributed by atoms with van der Waals surface area (Å²) in [6.07, 6.45) is 0.913. The summed E-state index contributed by atoms with van der Waals surface area (Å²) in [4.78, 5) is 33.6. The quantitative estimate of drug-likeness (QED) is 0.637. The third-order valence-electron chi connectivity index (χ3n) is 5.97. The number of aliphatic hydroxyl groups is 1. The summed E-state index contributed by atoms with van der Waals surface area (Å²) in [7, 11) is 0. The highest BCUT2D eigenvalue weighted by Gasteiger charge is 2.34. The van der Waals surface area contributed by atoms with E-state index >= 15 is 0 Å². The van der Waals surface area contributed by atoms with Gasteiger partial charge in [-0.1, -0.05) is 20.8 Å². The number of hydrogen-bond donors (Lipinski definition) is 1. The van der Waals surface area contributed by atoms with Crippen LogP contribution in [0.25, 0.3) is 16.9 Å². The Morgan fingerprint density at radius 3 is 2.50 bits per heavy atom. The number of carbonyl (C=O) groups excluding carboxylic acids is 2. The maximum absolute atomic E-state index is 13.2. The van der Waals surface area contributed by atoms with E-state index in [1.165, 1.54) is 16.6 Å². The van der Waals surface area contributed by atoms with Gasteiger partial charge in [-0.05, 0) is 55.2 Å². The average molecular weight is 468 g/mol. The normalized spacial score (nSPS) is 17.8. The van der Waals surface area contributed by atoms with Crippen molar-refractivity contribution in [2.75, 3.05) is 19.6 Å². The van der Waals surface area contributed by atoms with Gasteiger partial charge in [-0.25, -0.2) is 13.9 Å². The van der Waals surface area contributed by atoms with Gasteiger partial charge in [-0.2, -0.15) is 5.10 Å². The first-order chi connectivity index (χ1) is 16.0. The third-order valence-corrected chi connectivity index (χ3v) is 5.97. The fourth-order valence-corrected chi connectivity index (χ4v) is 4.25. The second kappa shape index (κ2) is 9.13. The number of aliphatic hydroxyl groups excluding tert-OH is 1. The topological polar surface area (TPSA) is 91.0 Å². The van der Waals surface area contributed by atoms with Crippen LogP contribution >= 0.6 is 0 Å². The van der Waals surface area contributed by atoms with Crippen molar-refractivity contribution in [3.8, 4) is 11.3 Å². The summed E-state index contributed by atoms with van der Waals surface area (Å²) in [5, 5.41) is 14.9. The van der Waals surface area contributed by atoms with Crippen LogP contribution in [0.2, 0.25) is 0 Å². The molecule has 0 saturated carbocycles. The van der Waals surface area contributed by atoms with E-state index < -0.39 is 6.10 Å². The van der Waals surface area contributed by atoms with E-state index in [0.717, 1.165) is 5.56 Å². The van der Waals surface area contributed by atoms with Crippen LogP contribution in [0.15, 0.2) is 42.6 Å². The predicted octanol–water partition coefficient (Wildman–Crippen LogP) is 3.01. The molecule has 1 N–H and O–H groups in total. The molecular weight excluding hydrogens is 437 g/mol. The van der Waals surface area contributed by atoms with Gasteiger partial charge in [-0.15, -0.1) is 0 Å². The first-order valence-corrected chi connectivity index (χ1v) is 11.4. The van der Waals surface area contributed by atoms with Gasteiger partial charge in [-0.3, -0.25) is 9.59 Å². The highest BCUT2D eigenvalue weighted by atomic mass is 19.1. The highest BCUT2D eigenvalue weighted by molar-refractivity contribution is 5.93. The molecule has 0 spiro atoms. The maximum Gasteiger partial charge on any atom is 0.274 e. The number of piperazine rings is 1. The minimum Gasteiger partial charge on any atom is -0.383 e. The number of rotatable bonds is 4. The summed E-state index contributed by atoms with van der Waals surface area (Å²) in [5.41, 5.74) is 2.03. The second-order valence-corrected chi connectivity index (χ2v) is 10.1. The molecule has 0 radical (unpaired) electrons. The number of benzene rings is 1. The molecule has 4 rings (SSSR count). The standard InChI is InChI=1S/C25H30FN5O3/c1-16-14-29(11-12-30(16)24(34)21(32)13-25(2,3)4)23(33)20-15-31-22(27-20)10-9-19(28-31)17-5-7-18(26)8-6-17/h5-10,15-16,21,32H,11-14H2,1-4H3. The van der Waals surface area contributed by atoms with E-state index in [4.69, 9.17) is 0 Å². The molecule has 2 aromatic heterocycles. The number of hydrogen-bond acceptors (Lipinski definition) is 5. The molecule has 9 heteroatoms. The van der Waals surface area contributed by atoms with E-state index in [9.17, 15) is 19.1 Å². The van der Waals surface area contributed by atoms with Crippen LogP contribution in [0.4, 0.5) is 4.39 Å². The molecule has 1 saturated heterocycles. The Bertz CT molecular complexity index is 1200. The smallest absolute Gasteiger partial charge is 0.274 e. The number of nitrogens with zero attached hydrogens (tertiary/aromatic N) is 5. The lowest BCUT2D eigenvalue weighted by Gasteiger charge is -2.40. The Morgan fingerprint density at radius 1 is 1.15 bits per heavy atom. The number of amides is 2. The van der Waals surface area contributed by atoms with Crippen LogP contribution < -0.4 is 0 Å². The molecule has 0 aliphatic carbocycles. The number of halogens is 1. The lowest BCUT2D eigenvalue weighted by molar-refractivity contribution is -0.145. The zero-order valence-corrected chi connectivity index (χ0v) is 19.9. The first-order valence-electron chi connectivity index (χ1n) is 11.4. The Hall–Kier alpha value is -3.33. The molecule has 3 aromatic rings. The van der Waals surface area contributed by atoms with Crippen LogP contribution in [0.1, 0.15) is 44.6 Å². The molecule has 2 atom stereocenters. The van der Waals surface area contributed by atoms with Gasteiger partial charge in [0.2, 0.25) is 0 Å². The van der Waals surface area contributed by atoms with Crippen molar-refractivity contribution in [2.45, 2.75) is 46.3 Å². The van der Waals surface area contributed by atoms with Gasteiger partial charge in [0.25, 0.3) is 11.8 Å². The number of aromatic nitrogens is 3. The van der Waals surface area contributed by atoms with Crippen LogP contribution in [0, 0.1) is 11.2 Å². The zero-order chi connectivity index (χ0) is 24.6. The summed E-state index contributed by atoms with van der Waals surface area (Å²) < 4.78 is 14.8. The van der Waals surface area contributed by atoms with Crippen molar-refractivity contribution in [3.63, 3.8) is 0 Å². The van der Waals surface area contributed by atoms with E-state index in [-0.39, 0.29) is 34.8 Å². The molecule has 2 amide bonds. The molecule has 34 heavy (non-hydrogen) atoms. The summed E-state index contributed by atoms with van der Waals surface area (Å²) in [6.45, 7) is 8.89. The summed E-state index contributed by atoms with van der Waals surface area (Å²) >= 11 is 0. The Morgan fingerprint density at radius 2 is 1.85 bits per heavy atom. The highest BCUT2D eigenvalue weighted by Crippen LogP contribution is 2.23. The van der Waals surface area contributed by atoms with Crippen LogP contribution in [-0.2, 0) is 4.79 Å². The molecule has 1 aromatic carbocycles. The van der Waals surface area contributed by atoms with Crippen molar-refractivity contribution < 1.29 is 19.1 Å². The second-order valence-electron chi connectivity index (χ2n) is 10.1. The molecule has 1 aliphatic heterocycles. The molecule has 1 fully saturated rings. The van der Waals surface area contributed by atoms with Crippen molar-refractivity contribution in [2.24, 2.45) is 5.41 Å². The van der Waals surface area contributed by atoms with Gasteiger partial charge < -0.3 is 14.9 Å². The molecule has 180 valence electrons. The Kier molecular flexibility index (Phi) is 6.40. The average Bonchev–Trinajstić information content (AvgIpc) is 3.21. The Balaban J connectivity index is 1.45. The molecule has 0 bridgehead atoms. The lowest BCUT2D eigenvalue weighted by atomic mass is 9.88. The monoisotopic (exact) mass is 467 g/mol. The molecular formula is C25H30FN5O3. The maximum atomic E-state index is 13.2. The van der Waals surface area contributed by atoms with E-state index in [1.807, 2.05) is 27.7 Å². The number of carbonyl (C=O) groups is 2. The van der Waals surface area contributed by atoms with Gasteiger partial charge in [0.05, 0.1) is 11.9 Å². The molecule has 1 aliphatic rings. The molecule has 3 heterocycles. The predicted molar refractivity (Wildman–Crippen MR) is 126 cm³/mol. The third kappa shape index (κ3) is 5.09. The van der Waals surface area contributed by atoms with Gasteiger partial charge in [0.15, 0.2) is 5.65 Å². The van der Waals surface area contributed by atoms with Crippen LogP contribution in [0.3, 0.4) is 0 Å². The van der Waals surface area contributed by atoms with Crippen LogP contribution in [-0.4, -0.2) is 73.1 Å². The van der Waals surface area contributed by atoms with Crippen molar-refractivity contribution in [1.82, 2.24) is 24.4 Å². The largest absolute Gasteiger partial charge is 0.383 e. The van der Waals surface area contributed by atoms with Gasteiger partial charge in [0, 0.05) is 31.2 Å². The van der Waals surface area contributed by atoms with Crippen molar-refractivity contribution in [1.29, 1.82) is 0 Å². The fraction of sp³-hybridized carbons (Fsp3) is 0.440. The minimum atomic E-state index is -1.05. The van der Waals surface area contributed by atoms with E-state index in [0.29, 0.717) is 37.4 Å². The zero-order valence-electron chi connectivity index (χ0n) is 19.9. The van der Waals surface area contributed by atoms with Gasteiger partial charge >= 0.3 is 0 Å². The summed E-state index contributed by atoms with van der Waals surface area (Å²) in [6, 6.07) is 9.35. The van der Waals surface area contributed by atoms with E-state index in [1.54, 1.807) is 40.3 Å². The SMILES string of the molecule is CC1CN(C(=O)c2cn3nc(-c4ccc(F)cc4)ccc3n2)CCN1C(=O)C(O)CC(C)(C)C. The minimum absolute atomic E-state index is 0.163. The fourth-order valence-electron chi connectivity index (χ4n) is 4.25. The molecule has 8 nitrogen and oxygen atoms in total. The van der Waals surface area contributed by atoms with Crippen molar-refractivity contribution >= 4 is 17.5 Å². The number of imidazole rings is 1. The summed E-state index contributed by atoms with van der Waals surface area (Å²) in [5.74, 6) is -0.845. The molecule has 2 unspecified atom stereocenters. The van der Waals surface area contributed by atoms with E-state index in [2.05, 4.69) is 10.1 Å². The number of fused-ring (bicyclic) bond motifs is 1. The van der Waals surface area contributed by atoms with Crippen LogP contribution in [0.5, 0.6) is 0 Å². The van der Waals surface area contributed by atoms with Crippen molar-refractivity contribution in [3.05, 3.63) is 54.1 Å². The lowest BCUT2D eigenvalue weighted by Crippen LogP contribution is -2.57. The first kappa shape index (κ1) is 23.8.